The number of carbonyl (C=O) groups excluding carboxylic acids is 1. The van der Waals surface area contributed by atoms with Crippen LogP contribution in [0.2, 0.25) is 0 Å². The summed E-state index contributed by atoms with van der Waals surface area (Å²) in [5, 5.41) is 11.1. The zero-order valence-corrected chi connectivity index (χ0v) is 8.37. The van der Waals surface area contributed by atoms with Gasteiger partial charge in [0, 0.05) is 13.0 Å². The van der Waals surface area contributed by atoms with Gasteiger partial charge in [-0.2, -0.15) is 0 Å². The molecule has 0 aliphatic carbocycles. The summed E-state index contributed by atoms with van der Waals surface area (Å²) >= 11 is 0. The van der Waals surface area contributed by atoms with E-state index < -0.39 is 0 Å². The van der Waals surface area contributed by atoms with Gasteiger partial charge in [0.05, 0.1) is 6.61 Å². The maximum atomic E-state index is 13.1. The number of aliphatic hydroxyl groups is 1. The van der Waals surface area contributed by atoms with Gasteiger partial charge in [0.15, 0.2) is 0 Å². The van der Waals surface area contributed by atoms with Gasteiger partial charge in [-0.3, -0.25) is 4.79 Å². The van der Waals surface area contributed by atoms with Crippen LogP contribution in [0, 0.1) is 5.82 Å². The highest BCUT2D eigenvalue weighted by Crippen LogP contribution is 2.05. The number of halogens is 1. The van der Waals surface area contributed by atoms with E-state index in [1.54, 1.807) is 18.2 Å². The molecule has 0 unspecified atom stereocenters. The van der Waals surface area contributed by atoms with Gasteiger partial charge in [-0.25, -0.2) is 4.39 Å². The zero-order chi connectivity index (χ0) is 11.1. The average molecular weight is 211 g/mol. The summed E-state index contributed by atoms with van der Waals surface area (Å²) in [4.78, 5) is 11.0. The largest absolute Gasteiger partial charge is 0.396 e. The summed E-state index contributed by atoms with van der Waals surface area (Å²) in [5.74, 6) is -0.470. The van der Waals surface area contributed by atoms with Crippen molar-refractivity contribution in [1.29, 1.82) is 0 Å². The Morgan fingerprint density at radius 3 is 2.80 bits per heavy atom. The highest BCUT2D eigenvalue weighted by Gasteiger charge is 2.02. The van der Waals surface area contributed by atoms with Gasteiger partial charge >= 0.3 is 0 Å². The van der Waals surface area contributed by atoms with E-state index in [0.717, 1.165) is 0 Å². The molecule has 1 rings (SSSR count). The van der Waals surface area contributed by atoms with E-state index >= 15 is 0 Å². The first-order valence-corrected chi connectivity index (χ1v) is 4.85. The molecule has 0 aliphatic heterocycles. The standard InChI is InChI=1S/C11H14FNO2/c12-10-4-2-1-3-9(10)5-7-13-11(15)6-8-14/h1-4,14H,5-8H2,(H,13,15). The Balaban J connectivity index is 2.32. The Kier molecular flexibility index (Phi) is 4.77. The molecule has 4 heteroatoms. The summed E-state index contributed by atoms with van der Waals surface area (Å²) in [5.41, 5.74) is 0.585. The molecule has 2 N–H and O–H groups in total. The SMILES string of the molecule is O=C(CCO)NCCc1ccccc1F. The molecule has 0 radical (unpaired) electrons. The molecule has 0 aromatic heterocycles. The highest BCUT2D eigenvalue weighted by atomic mass is 19.1. The van der Waals surface area contributed by atoms with Crippen molar-refractivity contribution in [2.24, 2.45) is 0 Å². The van der Waals surface area contributed by atoms with Crippen molar-refractivity contribution >= 4 is 5.91 Å². The van der Waals surface area contributed by atoms with Crippen molar-refractivity contribution in [3.05, 3.63) is 35.6 Å². The second-order valence-corrected chi connectivity index (χ2v) is 3.16. The van der Waals surface area contributed by atoms with Crippen molar-refractivity contribution in [3.63, 3.8) is 0 Å². The Labute approximate surface area is 87.9 Å². The molecule has 0 aliphatic rings. The number of rotatable bonds is 5. The molecule has 3 nitrogen and oxygen atoms in total. The molecule has 82 valence electrons. The minimum Gasteiger partial charge on any atom is -0.396 e. The van der Waals surface area contributed by atoms with Crippen LogP contribution >= 0.6 is 0 Å². The predicted octanol–water partition coefficient (Wildman–Crippen LogP) is 0.867. The molecule has 0 spiro atoms. The Morgan fingerprint density at radius 2 is 2.13 bits per heavy atom. The van der Waals surface area contributed by atoms with E-state index in [2.05, 4.69) is 5.32 Å². The number of nitrogens with one attached hydrogen (secondary N) is 1. The number of carbonyl (C=O) groups is 1. The van der Waals surface area contributed by atoms with Gasteiger partial charge in [0.2, 0.25) is 5.91 Å². The van der Waals surface area contributed by atoms with E-state index in [1.807, 2.05) is 0 Å². The summed E-state index contributed by atoms with van der Waals surface area (Å²) in [6.45, 7) is 0.227. The summed E-state index contributed by atoms with van der Waals surface area (Å²) in [6, 6.07) is 6.47. The first-order valence-electron chi connectivity index (χ1n) is 4.85. The Hall–Kier alpha value is -1.42. The van der Waals surface area contributed by atoms with Crippen molar-refractivity contribution in [2.75, 3.05) is 13.2 Å². The number of aliphatic hydroxyl groups excluding tert-OH is 1. The molecule has 1 aromatic rings. The van der Waals surface area contributed by atoms with Crippen LogP contribution in [0.5, 0.6) is 0 Å². The lowest BCUT2D eigenvalue weighted by Crippen LogP contribution is -2.26. The van der Waals surface area contributed by atoms with Crippen molar-refractivity contribution in [1.82, 2.24) is 5.32 Å². The van der Waals surface area contributed by atoms with Gasteiger partial charge in [-0.15, -0.1) is 0 Å². The van der Waals surface area contributed by atoms with E-state index in [-0.39, 0.29) is 24.8 Å². The van der Waals surface area contributed by atoms with Gasteiger partial charge in [0.25, 0.3) is 0 Å². The maximum absolute atomic E-state index is 13.1. The van der Waals surface area contributed by atoms with Crippen LogP contribution in [-0.2, 0) is 11.2 Å². The number of hydrogen-bond acceptors (Lipinski definition) is 2. The number of hydrogen-bond donors (Lipinski definition) is 2. The third kappa shape index (κ3) is 4.08. The molecule has 0 atom stereocenters. The fraction of sp³-hybridized carbons (Fsp3) is 0.364. The lowest BCUT2D eigenvalue weighted by atomic mass is 10.1. The van der Waals surface area contributed by atoms with Crippen LogP contribution in [0.4, 0.5) is 4.39 Å². The minimum atomic E-state index is -0.256. The maximum Gasteiger partial charge on any atom is 0.222 e. The van der Waals surface area contributed by atoms with E-state index in [1.165, 1.54) is 6.07 Å². The second-order valence-electron chi connectivity index (χ2n) is 3.16. The van der Waals surface area contributed by atoms with Crippen LogP contribution in [0.3, 0.4) is 0 Å². The van der Waals surface area contributed by atoms with Crippen LogP contribution < -0.4 is 5.32 Å². The highest BCUT2D eigenvalue weighted by molar-refractivity contribution is 5.75. The molecule has 0 saturated heterocycles. The molecule has 1 aromatic carbocycles. The average Bonchev–Trinajstić information content (AvgIpc) is 2.21. The Bertz CT molecular complexity index is 328. The third-order valence-electron chi connectivity index (χ3n) is 2.01. The summed E-state index contributed by atoms with van der Waals surface area (Å²) in [6.07, 6.45) is 0.557. The molecule has 0 bridgehead atoms. The molecular formula is C11H14FNO2. The number of amides is 1. The topological polar surface area (TPSA) is 49.3 Å². The predicted molar refractivity (Wildman–Crippen MR) is 54.8 cm³/mol. The fourth-order valence-corrected chi connectivity index (χ4v) is 1.23. The molecular weight excluding hydrogens is 197 g/mol. The van der Waals surface area contributed by atoms with Gasteiger partial charge in [-0.1, -0.05) is 18.2 Å². The molecule has 0 heterocycles. The molecule has 15 heavy (non-hydrogen) atoms. The van der Waals surface area contributed by atoms with E-state index in [0.29, 0.717) is 18.5 Å². The van der Waals surface area contributed by atoms with Gasteiger partial charge in [0.1, 0.15) is 5.82 Å². The lowest BCUT2D eigenvalue weighted by molar-refractivity contribution is -0.121. The smallest absolute Gasteiger partial charge is 0.222 e. The third-order valence-corrected chi connectivity index (χ3v) is 2.01. The molecule has 0 saturated carbocycles. The summed E-state index contributed by atoms with van der Waals surface area (Å²) in [7, 11) is 0. The van der Waals surface area contributed by atoms with E-state index in [9.17, 15) is 9.18 Å². The van der Waals surface area contributed by atoms with Crippen molar-refractivity contribution in [2.45, 2.75) is 12.8 Å². The second kappa shape index (κ2) is 6.14. The van der Waals surface area contributed by atoms with Gasteiger partial charge in [-0.05, 0) is 18.1 Å². The fourth-order valence-electron chi connectivity index (χ4n) is 1.23. The van der Waals surface area contributed by atoms with Crippen molar-refractivity contribution in [3.8, 4) is 0 Å². The van der Waals surface area contributed by atoms with E-state index in [4.69, 9.17) is 5.11 Å². The summed E-state index contributed by atoms with van der Waals surface area (Å²) < 4.78 is 13.1. The normalized spacial score (nSPS) is 10.0. The van der Waals surface area contributed by atoms with Crippen LogP contribution in [0.1, 0.15) is 12.0 Å². The lowest BCUT2D eigenvalue weighted by Gasteiger charge is -2.04. The van der Waals surface area contributed by atoms with Crippen molar-refractivity contribution < 1.29 is 14.3 Å². The molecule has 0 fully saturated rings. The Morgan fingerprint density at radius 1 is 1.40 bits per heavy atom. The zero-order valence-electron chi connectivity index (χ0n) is 8.37. The minimum absolute atomic E-state index is 0.0945. The first kappa shape index (κ1) is 11.7. The van der Waals surface area contributed by atoms with Gasteiger partial charge < -0.3 is 10.4 Å². The number of benzene rings is 1. The van der Waals surface area contributed by atoms with Crippen LogP contribution in [0.15, 0.2) is 24.3 Å². The monoisotopic (exact) mass is 211 g/mol. The van der Waals surface area contributed by atoms with Crippen LogP contribution in [-0.4, -0.2) is 24.2 Å². The quantitative estimate of drug-likeness (QED) is 0.759. The van der Waals surface area contributed by atoms with Crippen LogP contribution in [0.25, 0.3) is 0 Å². The molecule has 1 amide bonds. The first-order chi connectivity index (χ1) is 7.24.